The SMILES string of the molecule is CSc1ccc(NC(=O)c2ccc(NN)nc2)cc1. The van der Waals surface area contributed by atoms with Crippen molar-refractivity contribution in [3.8, 4) is 0 Å². The van der Waals surface area contributed by atoms with Crippen molar-refractivity contribution < 1.29 is 4.79 Å². The molecule has 0 saturated heterocycles. The number of benzene rings is 1. The molecule has 0 aliphatic heterocycles. The van der Waals surface area contributed by atoms with Crippen LogP contribution in [0.4, 0.5) is 11.5 Å². The Morgan fingerprint density at radius 2 is 1.95 bits per heavy atom. The van der Waals surface area contributed by atoms with Crippen LogP contribution in [0.3, 0.4) is 0 Å². The van der Waals surface area contributed by atoms with Gasteiger partial charge in [0.15, 0.2) is 0 Å². The number of anilines is 2. The number of carbonyl (C=O) groups excluding carboxylic acids is 1. The highest BCUT2D eigenvalue weighted by molar-refractivity contribution is 7.98. The zero-order chi connectivity index (χ0) is 13.7. The summed E-state index contributed by atoms with van der Waals surface area (Å²) in [6.45, 7) is 0. The van der Waals surface area contributed by atoms with E-state index in [1.807, 2.05) is 30.5 Å². The second kappa shape index (κ2) is 6.21. The van der Waals surface area contributed by atoms with Crippen LogP contribution in [0.5, 0.6) is 0 Å². The van der Waals surface area contributed by atoms with E-state index in [4.69, 9.17) is 5.84 Å². The van der Waals surface area contributed by atoms with E-state index in [9.17, 15) is 4.79 Å². The summed E-state index contributed by atoms with van der Waals surface area (Å²) < 4.78 is 0. The summed E-state index contributed by atoms with van der Waals surface area (Å²) in [5, 5.41) is 2.81. The minimum atomic E-state index is -0.201. The molecule has 2 rings (SSSR count). The van der Waals surface area contributed by atoms with Gasteiger partial charge in [0.1, 0.15) is 5.82 Å². The quantitative estimate of drug-likeness (QED) is 0.453. The second-order valence-corrected chi connectivity index (χ2v) is 4.64. The van der Waals surface area contributed by atoms with Gasteiger partial charge in [0.05, 0.1) is 5.56 Å². The van der Waals surface area contributed by atoms with Crippen LogP contribution in [-0.4, -0.2) is 17.1 Å². The Balaban J connectivity index is 2.06. The molecule has 0 unspecified atom stereocenters. The number of nitrogen functional groups attached to an aromatic ring is 1. The summed E-state index contributed by atoms with van der Waals surface area (Å²) in [5.74, 6) is 5.53. The van der Waals surface area contributed by atoms with Crippen LogP contribution in [0.25, 0.3) is 0 Å². The third-order valence-corrected chi connectivity index (χ3v) is 3.27. The second-order valence-electron chi connectivity index (χ2n) is 3.76. The van der Waals surface area contributed by atoms with Crippen LogP contribution >= 0.6 is 11.8 Å². The normalized spacial score (nSPS) is 10.0. The molecule has 4 N–H and O–H groups in total. The Hall–Kier alpha value is -2.05. The first-order valence-electron chi connectivity index (χ1n) is 5.61. The van der Waals surface area contributed by atoms with Gasteiger partial charge in [0.25, 0.3) is 5.91 Å². The molecule has 1 amide bonds. The zero-order valence-electron chi connectivity index (χ0n) is 10.4. The van der Waals surface area contributed by atoms with E-state index in [1.54, 1.807) is 23.9 Å². The maximum absolute atomic E-state index is 12.0. The molecule has 19 heavy (non-hydrogen) atoms. The molecule has 6 heteroatoms. The maximum atomic E-state index is 12.0. The Bertz CT molecular complexity index is 554. The Morgan fingerprint density at radius 1 is 1.21 bits per heavy atom. The lowest BCUT2D eigenvalue weighted by Gasteiger charge is -2.06. The number of nitrogens with two attached hydrogens (primary N) is 1. The van der Waals surface area contributed by atoms with Gasteiger partial charge in [-0.15, -0.1) is 11.8 Å². The summed E-state index contributed by atoms with van der Waals surface area (Å²) in [6, 6.07) is 11.0. The summed E-state index contributed by atoms with van der Waals surface area (Å²) >= 11 is 1.66. The molecular weight excluding hydrogens is 260 g/mol. The lowest BCUT2D eigenvalue weighted by molar-refractivity contribution is 0.102. The molecule has 1 aromatic heterocycles. The fourth-order valence-electron chi connectivity index (χ4n) is 1.49. The molecule has 2 aromatic rings. The van der Waals surface area contributed by atoms with Gasteiger partial charge in [-0.3, -0.25) is 4.79 Å². The largest absolute Gasteiger partial charge is 0.322 e. The van der Waals surface area contributed by atoms with Crippen LogP contribution in [0.2, 0.25) is 0 Å². The highest BCUT2D eigenvalue weighted by Gasteiger charge is 2.06. The first-order chi connectivity index (χ1) is 9.22. The maximum Gasteiger partial charge on any atom is 0.257 e. The molecule has 1 heterocycles. The number of hydrogen-bond donors (Lipinski definition) is 3. The van der Waals surface area contributed by atoms with E-state index < -0.39 is 0 Å². The van der Waals surface area contributed by atoms with E-state index >= 15 is 0 Å². The van der Waals surface area contributed by atoms with Crippen LogP contribution in [-0.2, 0) is 0 Å². The highest BCUT2D eigenvalue weighted by Crippen LogP contribution is 2.18. The summed E-state index contributed by atoms with van der Waals surface area (Å²) in [7, 11) is 0. The van der Waals surface area contributed by atoms with Crippen molar-refractivity contribution in [2.45, 2.75) is 4.90 Å². The average Bonchev–Trinajstić information content (AvgIpc) is 2.48. The van der Waals surface area contributed by atoms with E-state index in [0.717, 1.165) is 10.6 Å². The van der Waals surface area contributed by atoms with Gasteiger partial charge in [0.2, 0.25) is 0 Å². The van der Waals surface area contributed by atoms with Crippen molar-refractivity contribution in [1.29, 1.82) is 0 Å². The van der Waals surface area contributed by atoms with Crippen molar-refractivity contribution in [2.24, 2.45) is 5.84 Å². The molecule has 0 aliphatic rings. The zero-order valence-corrected chi connectivity index (χ0v) is 11.2. The molecule has 5 nitrogen and oxygen atoms in total. The smallest absolute Gasteiger partial charge is 0.257 e. The van der Waals surface area contributed by atoms with Gasteiger partial charge >= 0.3 is 0 Å². The van der Waals surface area contributed by atoms with Gasteiger partial charge in [-0.1, -0.05) is 0 Å². The summed E-state index contributed by atoms with van der Waals surface area (Å²) in [5.41, 5.74) is 3.64. The molecule has 0 bridgehead atoms. The van der Waals surface area contributed by atoms with Crippen LogP contribution in [0, 0.1) is 0 Å². The summed E-state index contributed by atoms with van der Waals surface area (Å²) in [4.78, 5) is 17.1. The lowest BCUT2D eigenvalue weighted by atomic mass is 10.2. The number of amides is 1. The van der Waals surface area contributed by atoms with Gasteiger partial charge in [-0.2, -0.15) is 0 Å². The Kier molecular flexibility index (Phi) is 4.38. The van der Waals surface area contributed by atoms with Crippen LogP contribution in [0.1, 0.15) is 10.4 Å². The molecule has 1 aromatic carbocycles. The molecule has 0 atom stereocenters. The van der Waals surface area contributed by atoms with E-state index in [-0.39, 0.29) is 5.91 Å². The van der Waals surface area contributed by atoms with Crippen molar-refractivity contribution in [3.63, 3.8) is 0 Å². The fourth-order valence-corrected chi connectivity index (χ4v) is 1.90. The minimum absolute atomic E-state index is 0.201. The monoisotopic (exact) mass is 274 g/mol. The minimum Gasteiger partial charge on any atom is -0.322 e. The van der Waals surface area contributed by atoms with Crippen LogP contribution in [0.15, 0.2) is 47.5 Å². The Labute approximate surface area is 115 Å². The third-order valence-electron chi connectivity index (χ3n) is 2.52. The van der Waals surface area contributed by atoms with E-state index in [1.165, 1.54) is 6.20 Å². The lowest BCUT2D eigenvalue weighted by Crippen LogP contribution is -2.13. The number of pyridine rings is 1. The molecule has 0 aliphatic carbocycles. The van der Waals surface area contributed by atoms with Crippen molar-refractivity contribution >= 4 is 29.2 Å². The summed E-state index contributed by atoms with van der Waals surface area (Å²) in [6.07, 6.45) is 3.48. The Morgan fingerprint density at radius 3 is 2.47 bits per heavy atom. The van der Waals surface area contributed by atoms with Gasteiger partial charge < -0.3 is 10.7 Å². The first kappa shape index (κ1) is 13.4. The number of nitrogens with one attached hydrogen (secondary N) is 2. The van der Waals surface area contributed by atoms with Gasteiger partial charge in [0, 0.05) is 16.8 Å². The number of hydrogen-bond acceptors (Lipinski definition) is 5. The topological polar surface area (TPSA) is 80.0 Å². The molecule has 0 spiro atoms. The van der Waals surface area contributed by atoms with Gasteiger partial charge in [-0.05, 0) is 42.7 Å². The number of rotatable bonds is 4. The molecule has 0 saturated carbocycles. The van der Waals surface area contributed by atoms with E-state index in [0.29, 0.717) is 11.4 Å². The number of aromatic nitrogens is 1. The first-order valence-corrected chi connectivity index (χ1v) is 6.83. The molecular formula is C13H14N4OS. The third kappa shape index (κ3) is 3.46. The number of hydrazine groups is 1. The highest BCUT2D eigenvalue weighted by atomic mass is 32.2. The predicted octanol–water partition coefficient (Wildman–Crippen LogP) is 2.34. The number of nitrogens with zero attached hydrogens (tertiary/aromatic N) is 1. The van der Waals surface area contributed by atoms with Crippen LogP contribution < -0.4 is 16.6 Å². The molecule has 0 fully saturated rings. The van der Waals surface area contributed by atoms with E-state index in [2.05, 4.69) is 15.7 Å². The average molecular weight is 274 g/mol. The number of thioether (sulfide) groups is 1. The molecule has 98 valence electrons. The fraction of sp³-hybridized carbons (Fsp3) is 0.0769. The van der Waals surface area contributed by atoms with Crippen molar-refractivity contribution in [3.05, 3.63) is 48.2 Å². The predicted molar refractivity (Wildman–Crippen MR) is 78.2 cm³/mol. The van der Waals surface area contributed by atoms with Gasteiger partial charge in [-0.25, -0.2) is 10.8 Å². The standard InChI is InChI=1S/C13H14N4OS/c1-19-11-5-3-10(4-6-11)16-13(18)9-2-7-12(17-14)15-8-9/h2-8H,14H2,1H3,(H,15,17)(H,16,18). The van der Waals surface area contributed by atoms with Crippen molar-refractivity contribution in [1.82, 2.24) is 4.98 Å². The van der Waals surface area contributed by atoms with Crippen molar-refractivity contribution in [2.75, 3.05) is 17.0 Å². The molecule has 0 radical (unpaired) electrons. The number of carbonyl (C=O) groups is 1.